The monoisotopic (exact) mass is 283 g/mol. The van der Waals surface area contributed by atoms with E-state index in [1.54, 1.807) is 19.1 Å². The highest BCUT2D eigenvalue weighted by atomic mass is 19.1. The van der Waals surface area contributed by atoms with Gasteiger partial charge in [0, 0.05) is 25.5 Å². The van der Waals surface area contributed by atoms with Gasteiger partial charge in [0.1, 0.15) is 11.4 Å². The van der Waals surface area contributed by atoms with Crippen LogP contribution in [-0.2, 0) is 5.54 Å². The van der Waals surface area contributed by atoms with Crippen LogP contribution in [0.5, 0.6) is 0 Å². The highest BCUT2D eigenvalue weighted by Crippen LogP contribution is 2.27. The zero-order valence-corrected chi connectivity index (χ0v) is 12.4. The van der Waals surface area contributed by atoms with E-state index in [1.807, 2.05) is 43.3 Å². The fraction of sp³-hybridized carbons (Fsp3) is 0.235. The Labute approximate surface area is 124 Å². The Morgan fingerprint density at radius 2 is 1.62 bits per heavy atom. The summed E-state index contributed by atoms with van der Waals surface area (Å²) in [6, 6.07) is 16.1. The predicted molar refractivity (Wildman–Crippen MR) is 83.8 cm³/mol. The summed E-state index contributed by atoms with van der Waals surface area (Å²) in [5.41, 5.74) is 1.76. The average Bonchev–Trinajstić information content (AvgIpc) is 2.49. The summed E-state index contributed by atoms with van der Waals surface area (Å²) >= 11 is 0. The van der Waals surface area contributed by atoms with E-state index in [0.717, 1.165) is 11.3 Å². The average molecular weight is 283 g/mol. The molecule has 0 saturated carbocycles. The first kappa shape index (κ1) is 14.9. The van der Waals surface area contributed by atoms with Crippen LogP contribution in [0.3, 0.4) is 0 Å². The first-order valence-corrected chi connectivity index (χ1v) is 6.67. The molecule has 3 nitrogen and oxygen atoms in total. The van der Waals surface area contributed by atoms with Crippen molar-refractivity contribution in [3.05, 3.63) is 59.9 Å². The van der Waals surface area contributed by atoms with Gasteiger partial charge in [0.2, 0.25) is 0 Å². The van der Waals surface area contributed by atoms with Crippen LogP contribution in [0.1, 0.15) is 12.5 Å². The maximum atomic E-state index is 12.9. The van der Waals surface area contributed by atoms with E-state index in [9.17, 15) is 9.65 Å². The molecule has 0 fully saturated rings. The summed E-state index contributed by atoms with van der Waals surface area (Å²) in [6.07, 6.45) is 0. The lowest BCUT2D eigenvalue weighted by Gasteiger charge is -2.26. The number of nitrogens with zero attached hydrogens (tertiary/aromatic N) is 2. The van der Waals surface area contributed by atoms with Crippen molar-refractivity contribution in [3.8, 4) is 6.07 Å². The second kappa shape index (κ2) is 5.84. The Morgan fingerprint density at radius 3 is 2.10 bits per heavy atom. The van der Waals surface area contributed by atoms with E-state index in [1.165, 1.54) is 12.1 Å². The Balaban J connectivity index is 2.28. The third-order valence-electron chi connectivity index (χ3n) is 3.42. The van der Waals surface area contributed by atoms with Gasteiger partial charge in [-0.1, -0.05) is 12.1 Å². The lowest BCUT2D eigenvalue weighted by Crippen LogP contribution is -2.30. The van der Waals surface area contributed by atoms with Crippen molar-refractivity contribution in [2.45, 2.75) is 12.5 Å². The van der Waals surface area contributed by atoms with Crippen LogP contribution in [0, 0.1) is 17.1 Å². The van der Waals surface area contributed by atoms with Gasteiger partial charge in [0.15, 0.2) is 0 Å². The van der Waals surface area contributed by atoms with E-state index in [4.69, 9.17) is 0 Å². The van der Waals surface area contributed by atoms with Crippen molar-refractivity contribution in [2.24, 2.45) is 0 Å². The first-order chi connectivity index (χ1) is 9.94. The Bertz CT molecular complexity index is 641. The SMILES string of the molecule is CN(C)c1ccc(C(C)(C#N)Nc2ccc(F)cc2)cc1. The summed E-state index contributed by atoms with van der Waals surface area (Å²) in [5.74, 6) is -0.297. The minimum absolute atomic E-state index is 0.297. The molecule has 2 rings (SSSR count). The van der Waals surface area contributed by atoms with Gasteiger partial charge in [-0.15, -0.1) is 0 Å². The van der Waals surface area contributed by atoms with Crippen molar-refractivity contribution in [1.29, 1.82) is 5.26 Å². The molecule has 0 saturated heterocycles. The third-order valence-corrected chi connectivity index (χ3v) is 3.42. The van der Waals surface area contributed by atoms with Crippen LogP contribution in [0.25, 0.3) is 0 Å². The van der Waals surface area contributed by atoms with Gasteiger partial charge in [-0.25, -0.2) is 4.39 Å². The molecule has 0 spiro atoms. The van der Waals surface area contributed by atoms with Gasteiger partial charge in [-0.2, -0.15) is 5.26 Å². The minimum atomic E-state index is -0.872. The highest BCUT2D eigenvalue weighted by Gasteiger charge is 2.26. The molecule has 1 N–H and O–H groups in total. The van der Waals surface area contributed by atoms with E-state index >= 15 is 0 Å². The summed E-state index contributed by atoms with van der Waals surface area (Å²) in [5, 5.41) is 12.7. The molecule has 21 heavy (non-hydrogen) atoms. The van der Waals surface area contributed by atoms with E-state index in [0.29, 0.717) is 5.69 Å². The fourth-order valence-corrected chi connectivity index (χ4v) is 2.08. The van der Waals surface area contributed by atoms with Gasteiger partial charge in [-0.3, -0.25) is 0 Å². The summed E-state index contributed by atoms with van der Waals surface area (Å²) < 4.78 is 12.9. The van der Waals surface area contributed by atoms with Crippen molar-refractivity contribution in [1.82, 2.24) is 0 Å². The molecule has 2 aromatic rings. The minimum Gasteiger partial charge on any atom is -0.378 e. The second-order valence-corrected chi connectivity index (χ2v) is 5.31. The van der Waals surface area contributed by atoms with Crippen LogP contribution < -0.4 is 10.2 Å². The molecule has 0 aromatic heterocycles. The first-order valence-electron chi connectivity index (χ1n) is 6.67. The normalized spacial score (nSPS) is 13.1. The standard InChI is InChI=1S/C17H18FN3/c1-17(12-19,20-15-8-6-14(18)7-9-15)13-4-10-16(11-5-13)21(2)3/h4-11,20H,1-3H3. The molecule has 1 atom stereocenters. The van der Waals surface area contributed by atoms with Crippen LogP contribution in [0.4, 0.5) is 15.8 Å². The number of nitrogens with one attached hydrogen (secondary N) is 1. The number of anilines is 2. The Hall–Kier alpha value is -2.54. The molecular formula is C17H18FN3. The van der Waals surface area contributed by atoms with Crippen LogP contribution >= 0.6 is 0 Å². The van der Waals surface area contributed by atoms with Gasteiger partial charge in [0.05, 0.1) is 6.07 Å². The molecule has 0 bridgehead atoms. The van der Waals surface area contributed by atoms with Gasteiger partial charge >= 0.3 is 0 Å². The maximum absolute atomic E-state index is 12.9. The number of nitriles is 1. The maximum Gasteiger partial charge on any atom is 0.148 e. The summed E-state index contributed by atoms with van der Waals surface area (Å²) in [6.45, 7) is 1.81. The quantitative estimate of drug-likeness (QED) is 0.929. The van der Waals surface area contributed by atoms with E-state index in [-0.39, 0.29) is 5.82 Å². The zero-order chi connectivity index (χ0) is 15.5. The largest absolute Gasteiger partial charge is 0.378 e. The topological polar surface area (TPSA) is 39.1 Å². The molecule has 0 heterocycles. The number of rotatable bonds is 4. The van der Waals surface area contributed by atoms with Crippen molar-refractivity contribution in [2.75, 3.05) is 24.3 Å². The zero-order valence-electron chi connectivity index (χ0n) is 12.4. The van der Waals surface area contributed by atoms with Crippen LogP contribution in [-0.4, -0.2) is 14.1 Å². The molecule has 0 aliphatic heterocycles. The number of benzene rings is 2. The molecule has 0 amide bonds. The molecule has 0 aliphatic carbocycles. The molecule has 108 valence electrons. The molecule has 4 heteroatoms. The lowest BCUT2D eigenvalue weighted by molar-refractivity contribution is 0.627. The van der Waals surface area contributed by atoms with Crippen molar-refractivity contribution < 1.29 is 4.39 Å². The predicted octanol–water partition coefficient (Wildman–Crippen LogP) is 3.74. The van der Waals surface area contributed by atoms with Crippen LogP contribution in [0.15, 0.2) is 48.5 Å². The lowest BCUT2D eigenvalue weighted by atomic mass is 9.93. The van der Waals surface area contributed by atoms with Gasteiger partial charge in [0.25, 0.3) is 0 Å². The number of hydrogen-bond donors (Lipinski definition) is 1. The molecule has 1 unspecified atom stereocenters. The third kappa shape index (κ3) is 3.32. The van der Waals surface area contributed by atoms with E-state index in [2.05, 4.69) is 11.4 Å². The molecule has 0 radical (unpaired) electrons. The molecular weight excluding hydrogens is 265 g/mol. The summed E-state index contributed by atoms with van der Waals surface area (Å²) in [4.78, 5) is 2.00. The van der Waals surface area contributed by atoms with Crippen molar-refractivity contribution in [3.63, 3.8) is 0 Å². The van der Waals surface area contributed by atoms with Gasteiger partial charge < -0.3 is 10.2 Å². The molecule has 0 aliphatic rings. The smallest absolute Gasteiger partial charge is 0.148 e. The van der Waals surface area contributed by atoms with Crippen molar-refractivity contribution >= 4 is 11.4 Å². The Morgan fingerprint density at radius 1 is 1.05 bits per heavy atom. The fourth-order valence-electron chi connectivity index (χ4n) is 2.08. The Kier molecular flexibility index (Phi) is 4.13. The highest BCUT2D eigenvalue weighted by molar-refractivity contribution is 5.53. The number of halogens is 1. The van der Waals surface area contributed by atoms with Crippen LogP contribution in [0.2, 0.25) is 0 Å². The number of hydrogen-bond acceptors (Lipinski definition) is 3. The van der Waals surface area contributed by atoms with Gasteiger partial charge in [-0.05, 0) is 48.9 Å². The van der Waals surface area contributed by atoms with E-state index < -0.39 is 5.54 Å². The summed E-state index contributed by atoms with van der Waals surface area (Å²) in [7, 11) is 3.94. The second-order valence-electron chi connectivity index (χ2n) is 5.31. The molecule has 2 aromatic carbocycles.